The number of carbonyl (C=O) groups is 2. The smallest absolute Gasteiger partial charge is 0.411 e. The molecule has 0 aliphatic heterocycles. The predicted octanol–water partition coefficient (Wildman–Crippen LogP) is 4.65. The molecule has 0 aromatic heterocycles. The summed E-state index contributed by atoms with van der Waals surface area (Å²) in [6, 6.07) is 18.9. The zero-order chi connectivity index (χ0) is 21.3. The number of fused-ring (bicyclic) bond motifs is 3. The van der Waals surface area contributed by atoms with E-state index >= 15 is 0 Å². The summed E-state index contributed by atoms with van der Waals surface area (Å²) in [4.78, 5) is 33.8. The van der Waals surface area contributed by atoms with Gasteiger partial charge in [0.1, 0.15) is 6.61 Å². The van der Waals surface area contributed by atoms with Gasteiger partial charge in [0.05, 0.1) is 16.2 Å². The Labute approximate surface area is 170 Å². The molecule has 0 unspecified atom stereocenters. The highest BCUT2D eigenvalue weighted by molar-refractivity contribution is 5.92. The molecule has 1 aliphatic rings. The lowest BCUT2D eigenvalue weighted by atomic mass is 9.98. The third-order valence-electron chi connectivity index (χ3n) is 4.97. The Balaban J connectivity index is 1.51. The van der Waals surface area contributed by atoms with Gasteiger partial charge in [0.25, 0.3) is 5.69 Å². The Kier molecular flexibility index (Phi) is 4.89. The molecule has 0 radical (unpaired) electrons. The predicted molar refractivity (Wildman–Crippen MR) is 109 cm³/mol. The van der Waals surface area contributed by atoms with Gasteiger partial charge in [-0.1, -0.05) is 48.5 Å². The molecule has 0 saturated heterocycles. The van der Waals surface area contributed by atoms with E-state index in [0.717, 1.165) is 40.5 Å². The van der Waals surface area contributed by atoms with Crippen LogP contribution in [-0.4, -0.2) is 28.7 Å². The summed E-state index contributed by atoms with van der Waals surface area (Å²) in [5.74, 6) is -1.47. The second-order valence-corrected chi connectivity index (χ2v) is 6.78. The molecule has 8 nitrogen and oxygen atoms in total. The summed E-state index contributed by atoms with van der Waals surface area (Å²) in [6.07, 6.45) is -0.825. The normalized spacial score (nSPS) is 12.0. The molecule has 0 saturated carbocycles. The van der Waals surface area contributed by atoms with Crippen LogP contribution >= 0.6 is 0 Å². The first-order valence-corrected chi connectivity index (χ1v) is 9.09. The van der Waals surface area contributed by atoms with Gasteiger partial charge in [-0.15, -0.1) is 0 Å². The average molecular weight is 404 g/mol. The molecule has 0 atom stereocenters. The van der Waals surface area contributed by atoms with Crippen LogP contribution in [0, 0.1) is 10.1 Å². The molecule has 2 N–H and O–H groups in total. The molecule has 150 valence electrons. The van der Waals surface area contributed by atoms with E-state index in [9.17, 15) is 19.7 Å². The number of benzene rings is 3. The number of rotatable bonds is 5. The first-order valence-electron chi connectivity index (χ1n) is 9.09. The van der Waals surface area contributed by atoms with E-state index in [2.05, 4.69) is 5.32 Å². The van der Waals surface area contributed by atoms with E-state index in [1.807, 2.05) is 48.5 Å². The van der Waals surface area contributed by atoms with Crippen molar-refractivity contribution in [3.63, 3.8) is 0 Å². The molecule has 1 amide bonds. The molecule has 8 heteroatoms. The third-order valence-corrected chi connectivity index (χ3v) is 4.97. The maximum absolute atomic E-state index is 12.3. The van der Waals surface area contributed by atoms with Gasteiger partial charge in [0.15, 0.2) is 0 Å². The number of hydrogen-bond acceptors (Lipinski definition) is 5. The fourth-order valence-electron chi connectivity index (χ4n) is 3.66. The molecule has 0 spiro atoms. The molecule has 3 aromatic rings. The van der Waals surface area contributed by atoms with Crippen molar-refractivity contribution in [3.05, 3.63) is 93.5 Å². The van der Waals surface area contributed by atoms with Gasteiger partial charge < -0.3 is 9.84 Å². The number of nitrogens with zero attached hydrogens (tertiary/aromatic N) is 1. The van der Waals surface area contributed by atoms with Gasteiger partial charge >= 0.3 is 12.1 Å². The summed E-state index contributed by atoms with van der Waals surface area (Å²) < 4.78 is 5.38. The van der Waals surface area contributed by atoms with Crippen molar-refractivity contribution in [2.45, 2.75) is 5.92 Å². The van der Waals surface area contributed by atoms with Crippen molar-refractivity contribution >= 4 is 23.4 Å². The number of carboxylic acid groups (broad SMARTS) is 1. The van der Waals surface area contributed by atoms with Crippen molar-refractivity contribution in [1.82, 2.24) is 0 Å². The largest absolute Gasteiger partial charge is 0.478 e. The number of aromatic carboxylic acids is 1. The fraction of sp³-hybridized carbons (Fsp3) is 0.0909. The van der Waals surface area contributed by atoms with Crippen LogP contribution < -0.4 is 5.32 Å². The molecule has 0 heterocycles. The molecular formula is C22H16N2O6. The van der Waals surface area contributed by atoms with Gasteiger partial charge in [-0.3, -0.25) is 15.4 Å². The third kappa shape index (κ3) is 3.58. The maximum Gasteiger partial charge on any atom is 0.411 e. The summed E-state index contributed by atoms with van der Waals surface area (Å²) in [6.45, 7) is 0.0700. The minimum Gasteiger partial charge on any atom is -0.478 e. The average Bonchev–Trinajstić information content (AvgIpc) is 3.06. The number of carboxylic acids is 1. The molecule has 1 aliphatic carbocycles. The Bertz CT molecular complexity index is 1100. The van der Waals surface area contributed by atoms with Crippen LogP contribution in [0.3, 0.4) is 0 Å². The Morgan fingerprint density at radius 3 is 2.17 bits per heavy atom. The van der Waals surface area contributed by atoms with Crippen molar-refractivity contribution in [1.29, 1.82) is 0 Å². The van der Waals surface area contributed by atoms with Crippen LogP contribution in [0.1, 0.15) is 27.4 Å². The van der Waals surface area contributed by atoms with Crippen LogP contribution in [0.2, 0.25) is 0 Å². The van der Waals surface area contributed by atoms with Crippen molar-refractivity contribution in [3.8, 4) is 11.1 Å². The van der Waals surface area contributed by atoms with E-state index in [1.165, 1.54) is 0 Å². The van der Waals surface area contributed by atoms with E-state index in [-0.39, 0.29) is 23.8 Å². The second kappa shape index (κ2) is 7.67. The molecule has 3 aromatic carbocycles. The van der Waals surface area contributed by atoms with Crippen LogP contribution in [0.5, 0.6) is 0 Å². The Morgan fingerprint density at radius 1 is 1.00 bits per heavy atom. The van der Waals surface area contributed by atoms with Crippen LogP contribution in [-0.2, 0) is 4.74 Å². The van der Waals surface area contributed by atoms with Crippen LogP contribution in [0.15, 0.2) is 66.7 Å². The monoisotopic (exact) mass is 404 g/mol. The fourth-order valence-corrected chi connectivity index (χ4v) is 3.66. The number of nitro groups is 1. The van der Waals surface area contributed by atoms with Crippen molar-refractivity contribution in [2.75, 3.05) is 11.9 Å². The van der Waals surface area contributed by atoms with E-state index in [4.69, 9.17) is 9.84 Å². The zero-order valence-corrected chi connectivity index (χ0v) is 15.6. The summed E-state index contributed by atoms with van der Waals surface area (Å²) in [7, 11) is 0. The lowest BCUT2D eigenvalue weighted by Crippen LogP contribution is -2.18. The Morgan fingerprint density at radius 2 is 1.60 bits per heavy atom. The standard InChI is InChI=1S/C22H16N2O6/c25-21(26)13-9-14(11-15(10-13)24(28)29)23-22(27)30-12-20-18-7-3-1-5-16(18)17-6-2-4-8-19(17)20/h1-11,20H,12H2,(H,23,27)(H,25,26). The summed E-state index contributed by atoms with van der Waals surface area (Å²) in [5.41, 5.74) is 3.50. The number of hydrogen-bond donors (Lipinski definition) is 2. The molecule has 0 fully saturated rings. The van der Waals surface area contributed by atoms with Crippen molar-refractivity contribution in [2.24, 2.45) is 0 Å². The van der Waals surface area contributed by atoms with E-state index < -0.39 is 22.7 Å². The summed E-state index contributed by atoms with van der Waals surface area (Å²) >= 11 is 0. The van der Waals surface area contributed by atoms with E-state index in [0.29, 0.717) is 0 Å². The van der Waals surface area contributed by atoms with Gasteiger partial charge in [0.2, 0.25) is 0 Å². The Hall–Kier alpha value is -4.20. The maximum atomic E-state index is 12.3. The quantitative estimate of drug-likeness (QED) is 0.472. The van der Waals surface area contributed by atoms with Gasteiger partial charge in [-0.2, -0.15) is 0 Å². The van der Waals surface area contributed by atoms with Crippen molar-refractivity contribution < 1.29 is 24.4 Å². The second-order valence-electron chi connectivity index (χ2n) is 6.78. The number of amides is 1. The number of anilines is 1. The lowest BCUT2D eigenvalue weighted by molar-refractivity contribution is -0.384. The topological polar surface area (TPSA) is 119 Å². The number of ether oxygens (including phenoxy) is 1. The highest BCUT2D eigenvalue weighted by Crippen LogP contribution is 2.44. The number of nitrogens with one attached hydrogen (secondary N) is 1. The number of non-ortho nitro benzene ring substituents is 1. The highest BCUT2D eigenvalue weighted by atomic mass is 16.6. The summed E-state index contributed by atoms with van der Waals surface area (Å²) in [5, 5.41) is 22.5. The SMILES string of the molecule is O=C(Nc1cc(C(=O)O)cc([N+](=O)[O-])c1)OCC1c2ccccc2-c2ccccc21. The number of carbonyl (C=O) groups excluding carboxylic acids is 1. The van der Waals surface area contributed by atoms with E-state index in [1.54, 1.807) is 0 Å². The highest BCUT2D eigenvalue weighted by Gasteiger charge is 2.29. The molecule has 30 heavy (non-hydrogen) atoms. The zero-order valence-electron chi connectivity index (χ0n) is 15.6. The van der Waals surface area contributed by atoms with Crippen LogP contribution in [0.4, 0.5) is 16.2 Å². The minimum absolute atomic E-state index is 0.0289. The minimum atomic E-state index is -1.34. The lowest BCUT2D eigenvalue weighted by Gasteiger charge is -2.14. The van der Waals surface area contributed by atoms with Gasteiger partial charge in [-0.05, 0) is 28.3 Å². The first-order chi connectivity index (χ1) is 14.4. The molecule has 4 rings (SSSR count). The first kappa shape index (κ1) is 19.1. The van der Waals surface area contributed by atoms with Gasteiger partial charge in [-0.25, -0.2) is 9.59 Å². The van der Waals surface area contributed by atoms with Gasteiger partial charge in [0, 0.05) is 18.1 Å². The molecular weight excluding hydrogens is 388 g/mol. The van der Waals surface area contributed by atoms with Crippen LogP contribution in [0.25, 0.3) is 11.1 Å². The molecule has 0 bridgehead atoms. The number of nitro benzene ring substituents is 1.